The van der Waals surface area contributed by atoms with E-state index in [1.807, 2.05) is 6.07 Å². The van der Waals surface area contributed by atoms with Crippen LogP contribution in [0.2, 0.25) is 0 Å². The molecule has 1 saturated heterocycles. The van der Waals surface area contributed by atoms with E-state index in [1.165, 1.54) is 16.5 Å². The summed E-state index contributed by atoms with van der Waals surface area (Å²) in [5.41, 5.74) is 2.47. The van der Waals surface area contributed by atoms with Crippen molar-refractivity contribution < 1.29 is 9.53 Å². The Bertz CT molecular complexity index is 674. The molecule has 1 aromatic heterocycles. The van der Waals surface area contributed by atoms with Gasteiger partial charge in [0, 0.05) is 50.2 Å². The Hall–Kier alpha value is -1.85. The predicted molar refractivity (Wildman–Crippen MR) is 96.1 cm³/mol. The van der Waals surface area contributed by atoms with Crippen LogP contribution in [-0.2, 0) is 23.0 Å². The lowest BCUT2D eigenvalue weighted by Gasteiger charge is -2.26. The van der Waals surface area contributed by atoms with Gasteiger partial charge in [-0.05, 0) is 31.0 Å². The van der Waals surface area contributed by atoms with E-state index in [4.69, 9.17) is 4.74 Å². The quantitative estimate of drug-likeness (QED) is 0.790. The van der Waals surface area contributed by atoms with Gasteiger partial charge >= 0.3 is 0 Å². The molecule has 1 amide bonds. The van der Waals surface area contributed by atoms with Gasteiger partial charge in [0.25, 0.3) is 0 Å². The second-order valence-corrected chi connectivity index (χ2v) is 6.44. The van der Waals surface area contributed by atoms with E-state index in [0.717, 1.165) is 52.2 Å². The van der Waals surface area contributed by atoms with Crippen LogP contribution >= 0.6 is 0 Å². The van der Waals surface area contributed by atoms with Crippen molar-refractivity contribution in [3.05, 3.63) is 36.0 Å². The number of carbonyl (C=O) groups is 1. The smallest absolute Gasteiger partial charge is 0.220 e. The first kappa shape index (κ1) is 17.0. The minimum Gasteiger partial charge on any atom is -0.379 e. The molecule has 5 nitrogen and oxygen atoms in total. The van der Waals surface area contributed by atoms with Crippen LogP contribution in [0.15, 0.2) is 30.5 Å². The number of nitrogens with zero attached hydrogens (tertiary/aromatic N) is 2. The van der Waals surface area contributed by atoms with Crippen LogP contribution in [0.1, 0.15) is 18.4 Å². The summed E-state index contributed by atoms with van der Waals surface area (Å²) in [6, 6.07) is 8.35. The van der Waals surface area contributed by atoms with Crippen molar-refractivity contribution in [2.75, 3.05) is 39.4 Å². The third-order valence-electron chi connectivity index (χ3n) is 4.68. The SMILES string of the molecule is Cn1cc(CCC(=O)NCCCN2CCOCC2)c2ccccc21. The van der Waals surface area contributed by atoms with Gasteiger partial charge in [0.1, 0.15) is 0 Å². The maximum atomic E-state index is 12.1. The number of hydrogen-bond acceptors (Lipinski definition) is 3. The molecule has 0 radical (unpaired) electrons. The first-order valence-electron chi connectivity index (χ1n) is 8.84. The van der Waals surface area contributed by atoms with E-state index in [0.29, 0.717) is 6.42 Å². The number of rotatable bonds is 7. The van der Waals surface area contributed by atoms with E-state index in [9.17, 15) is 4.79 Å². The first-order valence-corrected chi connectivity index (χ1v) is 8.84. The van der Waals surface area contributed by atoms with E-state index >= 15 is 0 Å². The van der Waals surface area contributed by atoms with Crippen molar-refractivity contribution in [3.8, 4) is 0 Å². The zero-order chi connectivity index (χ0) is 16.8. The van der Waals surface area contributed by atoms with E-state index in [2.05, 4.69) is 46.2 Å². The topological polar surface area (TPSA) is 46.5 Å². The van der Waals surface area contributed by atoms with Crippen LogP contribution < -0.4 is 5.32 Å². The summed E-state index contributed by atoms with van der Waals surface area (Å²) in [5.74, 6) is 0.143. The van der Waals surface area contributed by atoms with Crippen LogP contribution in [0.3, 0.4) is 0 Å². The van der Waals surface area contributed by atoms with Crippen LogP contribution in [0.25, 0.3) is 10.9 Å². The minimum absolute atomic E-state index is 0.143. The molecule has 1 aliphatic rings. The monoisotopic (exact) mass is 329 g/mol. The molecule has 5 heteroatoms. The Morgan fingerprint density at radius 3 is 2.88 bits per heavy atom. The summed E-state index contributed by atoms with van der Waals surface area (Å²) in [7, 11) is 2.05. The van der Waals surface area contributed by atoms with E-state index in [1.54, 1.807) is 0 Å². The summed E-state index contributed by atoms with van der Waals surface area (Å²) >= 11 is 0. The third kappa shape index (κ3) is 4.36. The molecule has 2 aromatic rings. The molecular weight excluding hydrogens is 302 g/mol. The summed E-state index contributed by atoms with van der Waals surface area (Å²) in [6.45, 7) is 5.47. The molecule has 1 aliphatic heterocycles. The third-order valence-corrected chi connectivity index (χ3v) is 4.68. The molecular formula is C19H27N3O2. The zero-order valence-corrected chi connectivity index (χ0v) is 14.5. The van der Waals surface area contributed by atoms with Gasteiger partial charge in [-0.25, -0.2) is 0 Å². The maximum Gasteiger partial charge on any atom is 0.220 e. The fraction of sp³-hybridized carbons (Fsp3) is 0.526. The number of benzene rings is 1. The van der Waals surface area contributed by atoms with Gasteiger partial charge in [0.15, 0.2) is 0 Å². The number of carbonyl (C=O) groups excluding carboxylic acids is 1. The van der Waals surface area contributed by atoms with Crippen LogP contribution in [-0.4, -0.2) is 54.8 Å². The number of fused-ring (bicyclic) bond motifs is 1. The lowest BCUT2D eigenvalue weighted by Crippen LogP contribution is -2.38. The molecule has 0 atom stereocenters. The number of aryl methyl sites for hydroxylation is 2. The highest BCUT2D eigenvalue weighted by Crippen LogP contribution is 2.21. The van der Waals surface area contributed by atoms with Crippen LogP contribution in [0.5, 0.6) is 0 Å². The first-order chi connectivity index (χ1) is 11.7. The Labute approximate surface area is 143 Å². The van der Waals surface area contributed by atoms with Crippen LogP contribution in [0, 0.1) is 0 Å². The van der Waals surface area contributed by atoms with E-state index < -0.39 is 0 Å². The highest BCUT2D eigenvalue weighted by molar-refractivity contribution is 5.84. The number of nitrogens with one attached hydrogen (secondary N) is 1. The number of ether oxygens (including phenoxy) is 1. The van der Waals surface area contributed by atoms with Gasteiger partial charge < -0.3 is 14.6 Å². The van der Waals surface area contributed by atoms with Crippen molar-refractivity contribution in [2.24, 2.45) is 7.05 Å². The maximum absolute atomic E-state index is 12.1. The van der Waals surface area contributed by atoms with Crippen LogP contribution in [0.4, 0.5) is 0 Å². The molecule has 1 N–H and O–H groups in total. The fourth-order valence-electron chi connectivity index (χ4n) is 3.32. The molecule has 24 heavy (non-hydrogen) atoms. The van der Waals surface area contributed by atoms with Crippen molar-refractivity contribution in [2.45, 2.75) is 19.3 Å². The largest absolute Gasteiger partial charge is 0.379 e. The molecule has 0 unspecified atom stereocenters. The second-order valence-electron chi connectivity index (χ2n) is 6.44. The zero-order valence-electron chi connectivity index (χ0n) is 14.5. The lowest BCUT2D eigenvalue weighted by atomic mass is 10.1. The summed E-state index contributed by atoms with van der Waals surface area (Å²) < 4.78 is 7.47. The summed E-state index contributed by atoms with van der Waals surface area (Å²) in [4.78, 5) is 14.5. The molecule has 2 heterocycles. The van der Waals surface area contributed by atoms with Crippen molar-refractivity contribution in [1.82, 2.24) is 14.8 Å². The number of para-hydroxylation sites is 1. The van der Waals surface area contributed by atoms with Gasteiger partial charge in [-0.2, -0.15) is 0 Å². The summed E-state index contributed by atoms with van der Waals surface area (Å²) in [6.07, 6.45) is 4.47. The Kier molecular flexibility index (Phi) is 5.88. The van der Waals surface area contributed by atoms with Gasteiger partial charge in [-0.3, -0.25) is 9.69 Å². The molecule has 130 valence electrons. The molecule has 1 fully saturated rings. The van der Waals surface area contributed by atoms with Gasteiger partial charge in [0.05, 0.1) is 13.2 Å². The molecule has 0 bridgehead atoms. The standard InChI is InChI=1S/C19H27N3O2/c1-21-15-16(17-5-2-3-6-18(17)21)7-8-19(23)20-9-4-10-22-11-13-24-14-12-22/h2-3,5-6,15H,4,7-14H2,1H3,(H,20,23). The van der Waals surface area contributed by atoms with Crippen molar-refractivity contribution >= 4 is 16.8 Å². The fourth-order valence-corrected chi connectivity index (χ4v) is 3.32. The van der Waals surface area contributed by atoms with Crippen molar-refractivity contribution in [1.29, 1.82) is 0 Å². The lowest BCUT2D eigenvalue weighted by molar-refractivity contribution is -0.121. The van der Waals surface area contributed by atoms with E-state index in [-0.39, 0.29) is 5.91 Å². The highest BCUT2D eigenvalue weighted by Gasteiger charge is 2.10. The Morgan fingerprint density at radius 2 is 2.04 bits per heavy atom. The van der Waals surface area contributed by atoms with Crippen molar-refractivity contribution in [3.63, 3.8) is 0 Å². The molecule has 1 aromatic carbocycles. The Morgan fingerprint density at radius 1 is 1.25 bits per heavy atom. The molecule has 0 saturated carbocycles. The Balaban J connectivity index is 1.39. The number of hydrogen-bond donors (Lipinski definition) is 1. The van der Waals surface area contributed by atoms with Gasteiger partial charge in [-0.1, -0.05) is 18.2 Å². The number of morpholine rings is 1. The highest BCUT2D eigenvalue weighted by atomic mass is 16.5. The molecule has 3 rings (SSSR count). The van der Waals surface area contributed by atoms with Gasteiger partial charge in [0.2, 0.25) is 5.91 Å². The average Bonchev–Trinajstić information content (AvgIpc) is 2.94. The molecule has 0 spiro atoms. The molecule has 0 aliphatic carbocycles. The predicted octanol–water partition coefficient (Wildman–Crippen LogP) is 1.95. The normalized spacial score (nSPS) is 15.7. The number of aromatic nitrogens is 1. The average molecular weight is 329 g/mol. The number of amides is 1. The summed E-state index contributed by atoms with van der Waals surface area (Å²) in [5, 5.41) is 4.29. The second kappa shape index (κ2) is 8.31. The van der Waals surface area contributed by atoms with Gasteiger partial charge in [-0.15, -0.1) is 0 Å². The minimum atomic E-state index is 0.143.